The topological polar surface area (TPSA) is 79.3 Å². The first-order valence-electron chi connectivity index (χ1n) is 9.83. The summed E-state index contributed by atoms with van der Waals surface area (Å²) in [5, 5.41) is 8.72. The number of aliphatic carboxylic acids is 1. The highest BCUT2D eigenvalue weighted by Gasteiger charge is 2.47. The van der Waals surface area contributed by atoms with Crippen LogP contribution in [0, 0.1) is 17.8 Å². The van der Waals surface area contributed by atoms with E-state index in [1.54, 1.807) is 5.06 Å². The molecule has 4 aliphatic rings. The van der Waals surface area contributed by atoms with Crippen molar-refractivity contribution in [1.29, 1.82) is 0 Å². The van der Waals surface area contributed by atoms with E-state index in [0.717, 1.165) is 38.7 Å². The van der Waals surface area contributed by atoms with Crippen molar-refractivity contribution in [2.75, 3.05) is 39.5 Å². The molecular weight excluding hydrogens is 381 g/mol. The first-order chi connectivity index (χ1) is 13.3. The molecule has 0 aromatic carbocycles. The first-order valence-corrected chi connectivity index (χ1v) is 9.83. The fraction of sp³-hybridized carbons (Fsp3) is 0.889. The molecule has 3 heterocycles. The van der Waals surface area contributed by atoms with Gasteiger partial charge in [-0.25, -0.2) is 9.86 Å². The zero-order chi connectivity index (χ0) is 20.3. The minimum Gasteiger partial charge on any atom is -0.475 e. The van der Waals surface area contributed by atoms with Crippen LogP contribution in [0.1, 0.15) is 32.1 Å². The van der Waals surface area contributed by atoms with Gasteiger partial charge in [-0.1, -0.05) is 12.8 Å². The Morgan fingerprint density at radius 1 is 1.04 bits per heavy atom. The highest BCUT2D eigenvalue weighted by molar-refractivity contribution is 5.78. The van der Waals surface area contributed by atoms with E-state index in [-0.39, 0.29) is 11.8 Å². The van der Waals surface area contributed by atoms with E-state index in [2.05, 4.69) is 4.90 Å². The van der Waals surface area contributed by atoms with Gasteiger partial charge in [-0.15, -0.1) is 0 Å². The van der Waals surface area contributed by atoms with Crippen molar-refractivity contribution >= 4 is 11.9 Å². The average molecular weight is 408 g/mol. The van der Waals surface area contributed by atoms with E-state index >= 15 is 0 Å². The lowest BCUT2D eigenvalue weighted by atomic mass is 9.82. The number of ether oxygens (including phenoxy) is 1. The molecule has 0 aromatic rings. The van der Waals surface area contributed by atoms with E-state index in [4.69, 9.17) is 19.5 Å². The smallest absolute Gasteiger partial charge is 0.475 e. The van der Waals surface area contributed by atoms with Crippen molar-refractivity contribution in [2.24, 2.45) is 17.8 Å². The zero-order valence-electron chi connectivity index (χ0n) is 15.7. The largest absolute Gasteiger partial charge is 0.490 e. The molecular formula is C18H27F3N2O5. The third-order valence-corrected chi connectivity index (χ3v) is 6.07. The van der Waals surface area contributed by atoms with Crippen LogP contribution in [-0.4, -0.2) is 78.6 Å². The summed E-state index contributed by atoms with van der Waals surface area (Å²) >= 11 is 0. The average Bonchev–Trinajstić information content (AvgIpc) is 3.41. The predicted molar refractivity (Wildman–Crippen MR) is 91.1 cm³/mol. The van der Waals surface area contributed by atoms with Crippen molar-refractivity contribution in [3.63, 3.8) is 0 Å². The van der Waals surface area contributed by atoms with Crippen LogP contribution in [0.15, 0.2) is 0 Å². The Labute approximate surface area is 161 Å². The Morgan fingerprint density at radius 3 is 2.29 bits per heavy atom. The zero-order valence-corrected chi connectivity index (χ0v) is 15.7. The van der Waals surface area contributed by atoms with E-state index < -0.39 is 12.1 Å². The van der Waals surface area contributed by atoms with Gasteiger partial charge in [-0.3, -0.25) is 14.5 Å². The second-order valence-electron chi connectivity index (χ2n) is 7.89. The number of likely N-dealkylation sites (tertiary alicyclic amines) is 1. The summed E-state index contributed by atoms with van der Waals surface area (Å²) in [4.78, 5) is 29.7. The number of hydrogen-bond acceptors (Lipinski definition) is 5. The number of carbonyl (C=O) groups excluding carboxylic acids is 1. The molecule has 10 heteroatoms. The lowest BCUT2D eigenvalue weighted by Crippen LogP contribution is -2.45. The summed E-state index contributed by atoms with van der Waals surface area (Å²) in [6, 6.07) is 0.759. The minimum absolute atomic E-state index is 0.00764. The number of nitrogens with zero attached hydrogens (tertiary/aromatic N) is 2. The van der Waals surface area contributed by atoms with Crippen LogP contribution in [0.2, 0.25) is 0 Å². The standard InChI is InChI=1S/C16H26N2O3.C2HF3O2/c19-16(18-6-3-7-21-18)15-11-20-10-12-8-17(9-14(12)15)13-4-1-2-5-13;3-2(4,5)1(6)7/h12-15H,1-11H2;(H,6,7)/t12-,14-,15+;/m1./s1. The molecule has 4 fully saturated rings. The molecule has 4 rings (SSSR count). The molecule has 0 aromatic heterocycles. The molecule has 1 amide bonds. The van der Waals surface area contributed by atoms with Crippen LogP contribution >= 0.6 is 0 Å². The van der Waals surface area contributed by atoms with Crippen LogP contribution < -0.4 is 0 Å². The fourth-order valence-corrected chi connectivity index (χ4v) is 4.66. The summed E-state index contributed by atoms with van der Waals surface area (Å²) in [7, 11) is 0. The number of amides is 1. The quantitative estimate of drug-likeness (QED) is 0.752. The monoisotopic (exact) mass is 408 g/mol. The molecule has 1 saturated carbocycles. The molecule has 0 bridgehead atoms. The number of hydrogen-bond donors (Lipinski definition) is 1. The van der Waals surface area contributed by atoms with Crippen molar-refractivity contribution in [3.8, 4) is 0 Å². The maximum absolute atomic E-state index is 12.7. The Bertz CT molecular complexity index is 562. The molecule has 28 heavy (non-hydrogen) atoms. The molecule has 3 saturated heterocycles. The van der Waals surface area contributed by atoms with Crippen LogP contribution in [0.3, 0.4) is 0 Å². The number of alkyl halides is 3. The number of carboxylic acids is 1. The molecule has 0 radical (unpaired) electrons. The van der Waals surface area contributed by atoms with Crippen LogP contribution in [-0.2, 0) is 19.2 Å². The summed E-state index contributed by atoms with van der Waals surface area (Å²) < 4.78 is 37.5. The summed E-state index contributed by atoms with van der Waals surface area (Å²) in [5.41, 5.74) is 0. The van der Waals surface area contributed by atoms with E-state index in [9.17, 15) is 18.0 Å². The lowest BCUT2D eigenvalue weighted by molar-refractivity contribution is -0.192. The first kappa shape index (κ1) is 21.3. The van der Waals surface area contributed by atoms with Gasteiger partial charge < -0.3 is 9.84 Å². The van der Waals surface area contributed by atoms with Crippen LogP contribution in [0.25, 0.3) is 0 Å². The normalized spacial score (nSPS) is 31.4. The van der Waals surface area contributed by atoms with Crippen molar-refractivity contribution < 1.29 is 37.4 Å². The van der Waals surface area contributed by atoms with Gasteiger partial charge in [0.15, 0.2) is 0 Å². The number of rotatable bonds is 2. The van der Waals surface area contributed by atoms with Gasteiger partial charge in [0.2, 0.25) is 0 Å². The van der Waals surface area contributed by atoms with Gasteiger partial charge in [-0.2, -0.15) is 13.2 Å². The van der Waals surface area contributed by atoms with Gasteiger partial charge in [0.1, 0.15) is 0 Å². The third-order valence-electron chi connectivity index (χ3n) is 6.07. The Hall–Kier alpha value is -1.39. The van der Waals surface area contributed by atoms with Crippen molar-refractivity contribution in [3.05, 3.63) is 0 Å². The Balaban J connectivity index is 0.000000279. The van der Waals surface area contributed by atoms with Crippen molar-refractivity contribution in [1.82, 2.24) is 9.96 Å². The third kappa shape index (κ3) is 4.96. The van der Waals surface area contributed by atoms with E-state index in [0.29, 0.717) is 25.0 Å². The maximum Gasteiger partial charge on any atom is 0.490 e. The Morgan fingerprint density at radius 2 is 1.71 bits per heavy atom. The number of carbonyl (C=O) groups is 2. The van der Waals surface area contributed by atoms with E-state index in [1.807, 2.05) is 0 Å². The Kier molecular flexibility index (Phi) is 6.82. The molecule has 1 aliphatic carbocycles. The second kappa shape index (κ2) is 8.96. The molecule has 1 N–H and O–H groups in total. The van der Waals surface area contributed by atoms with Gasteiger partial charge in [0.05, 0.1) is 32.3 Å². The molecule has 7 nitrogen and oxygen atoms in total. The predicted octanol–water partition coefficient (Wildman–Crippen LogP) is 1.92. The molecule has 160 valence electrons. The van der Waals surface area contributed by atoms with Crippen LogP contribution in [0.4, 0.5) is 13.2 Å². The molecule has 3 aliphatic heterocycles. The lowest BCUT2D eigenvalue weighted by Gasteiger charge is -2.33. The van der Waals surface area contributed by atoms with E-state index in [1.165, 1.54) is 25.7 Å². The van der Waals surface area contributed by atoms with Crippen LogP contribution in [0.5, 0.6) is 0 Å². The molecule has 3 atom stereocenters. The minimum atomic E-state index is -5.08. The van der Waals surface area contributed by atoms with Gasteiger partial charge in [0, 0.05) is 19.1 Å². The highest BCUT2D eigenvalue weighted by Crippen LogP contribution is 2.38. The van der Waals surface area contributed by atoms with Gasteiger partial charge >= 0.3 is 12.1 Å². The highest BCUT2D eigenvalue weighted by atomic mass is 19.4. The SMILES string of the molecule is O=C(O)C(F)(F)F.O=C([C@H]1COC[C@H]2CN(C3CCCC3)C[C@H]21)N1CCCO1. The maximum atomic E-state index is 12.7. The number of hydroxylamine groups is 2. The fourth-order valence-electron chi connectivity index (χ4n) is 4.66. The second-order valence-corrected chi connectivity index (χ2v) is 7.89. The molecule has 0 unspecified atom stereocenters. The summed E-state index contributed by atoms with van der Waals surface area (Å²) in [6.07, 6.45) is 1.30. The van der Waals surface area contributed by atoms with Gasteiger partial charge in [0.25, 0.3) is 5.91 Å². The number of carboxylic acid groups (broad SMARTS) is 1. The molecule has 0 spiro atoms. The summed E-state index contributed by atoms with van der Waals surface area (Å²) in [6.45, 7) is 5.06. The van der Waals surface area contributed by atoms with Gasteiger partial charge in [-0.05, 0) is 31.1 Å². The number of fused-ring (bicyclic) bond motifs is 1. The summed E-state index contributed by atoms with van der Waals surface area (Å²) in [5.74, 6) is -1.58. The van der Waals surface area contributed by atoms with Crippen molar-refractivity contribution in [2.45, 2.75) is 44.3 Å². The number of halogens is 3.